The Hall–Kier alpha value is -2.11. The van der Waals surface area contributed by atoms with E-state index in [0.29, 0.717) is 11.5 Å². The fraction of sp³-hybridized carbons (Fsp3) is 0.632. The lowest BCUT2D eigenvalue weighted by molar-refractivity contribution is -0.143. The molecule has 1 heterocycles. The van der Waals surface area contributed by atoms with Crippen LogP contribution in [0, 0.1) is 6.92 Å². The Labute approximate surface area is 150 Å². The van der Waals surface area contributed by atoms with Crippen molar-refractivity contribution in [3.8, 4) is 0 Å². The van der Waals surface area contributed by atoms with Crippen LogP contribution < -0.4 is 10.2 Å². The zero-order chi connectivity index (χ0) is 18.4. The number of aryl methyl sites for hydroxylation is 1. The number of carbonyl (C=O) groups is 2. The molecule has 0 spiro atoms. The molecular formula is C19H30N4O2. The van der Waals surface area contributed by atoms with Gasteiger partial charge in [0.2, 0.25) is 0 Å². The van der Waals surface area contributed by atoms with Crippen molar-refractivity contribution in [2.24, 2.45) is 0 Å². The summed E-state index contributed by atoms with van der Waals surface area (Å²) in [4.78, 5) is 32.9. The molecule has 0 radical (unpaired) electrons. The van der Waals surface area contributed by atoms with Gasteiger partial charge in [-0.2, -0.15) is 0 Å². The number of anilines is 2. The van der Waals surface area contributed by atoms with Gasteiger partial charge in [-0.05, 0) is 31.9 Å². The Morgan fingerprint density at radius 1 is 1.04 bits per heavy atom. The van der Waals surface area contributed by atoms with Gasteiger partial charge in [0, 0.05) is 32.9 Å². The molecule has 1 aromatic rings. The Morgan fingerprint density at radius 2 is 1.64 bits per heavy atom. The highest BCUT2D eigenvalue weighted by atomic mass is 16.2. The van der Waals surface area contributed by atoms with E-state index in [-0.39, 0.29) is 6.04 Å². The van der Waals surface area contributed by atoms with Crippen molar-refractivity contribution < 1.29 is 9.59 Å². The molecule has 0 bridgehead atoms. The van der Waals surface area contributed by atoms with Crippen molar-refractivity contribution in [1.29, 1.82) is 0 Å². The molecular weight excluding hydrogens is 316 g/mol. The Kier molecular flexibility index (Phi) is 6.79. The normalized spacial score (nSPS) is 15.8. The Balaban J connectivity index is 2.05. The molecule has 1 aromatic heterocycles. The van der Waals surface area contributed by atoms with E-state index >= 15 is 0 Å². The third-order valence-corrected chi connectivity index (χ3v) is 4.82. The standard InChI is InChI=1S/C19H30N4O2/c1-14-12-13-16(17(20-14)22(2)3)21-18(24)19(25)23(4)15-10-8-6-5-7-9-11-15/h12-13,15H,5-11H2,1-4H3,(H,21,24). The number of amides is 2. The molecule has 0 saturated heterocycles. The van der Waals surface area contributed by atoms with Crippen LogP contribution >= 0.6 is 0 Å². The predicted molar refractivity (Wildman–Crippen MR) is 101 cm³/mol. The van der Waals surface area contributed by atoms with Gasteiger partial charge in [0.1, 0.15) is 0 Å². The van der Waals surface area contributed by atoms with Crippen LogP contribution in [0.4, 0.5) is 11.5 Å². The summed E-state index contributed by atoms with van der Waals surface area (Å²) in [5.41, 5.74) is 1.42. The van der Waals surface area contributed by atoms with E-state index in [2.05, 4.69) is 10.3 Å². The molecule has 0 aromatic carbocycles. The van der Waals surface area contributed by atoms with Crippen molar-refractivity contribution in [2.45, 2.75) is 57.9 Å². The van der Waals surface area contributed by atoms with E-state index in [1.807, 2.05) is 32.0 Å². The molecule has 0 atom stereocenters. The second-order valence-electron chi connectivity index (χ2n) is 7.09. The lowest BCUT2D eigenvalue weighted by Crippen LogP contribution is -2.43. The second kappa shape index (κ2) is 8.83. The van der Waals surface area contributed by atoms with Gasteiger partial charge < -0.3 is 15.1 Å². The number of nitrogens with zero attached hydrogens (tertiary/aromatic N) is 3. The van der Waals surface area contributed by atoms with Crippen molar-refractivity contribution in [2.75, 3.05) is 31.4 Å². The topological polar surface area (TPSA) is 65.5 Å². The van der Waals surface area contributed by atoms with E-state index in [9.17, 15) is 9.59 Å². The smallest absolute Gasteiger partial charge is 0.314 e. The molecule has 2 amide bonds. The van der Waals surface area contributed by atoms with Crippen LogP contribution in [0.5, 0.6) is 0 Å². The minimum absolute atomic E-state index is 0.156. The van der Waals surface area contributed by atoms with Crippen LogP contribution in [0.2, 0.25) is 0 Å². The SMILES string of the molecule is Cc1ccc(NC(=O)C(=O)N(C)C2CCCCCCC2)c(N(C)C)n1. The van der Waals surface area contributed by atoms with Crippen LogP contribution in [-0.2, 0) is 9.59 Å². The number of likely N-dealkylation sites (N-methyl/N-ethyl adjacent to an activating group) is 1. The fourth-order valence-corrected chi connectivity index (χ4v) is 3.31. The van der Waals surface area contributed by atoms with Crippen LogP contribution in [0.3, 0.4) is 0 Å². The van der Waals surface area contributed by atoms with Gasteiger partial charge in [0.05, 0.1) is 5.69 Å². The maximum Gasteiger partial charge on any atom is 0.314 e. The third-order valence-electron chi connectivity index (χ3n) is 4.82. The molecule has 1 fully saturated rings. The first-order valence-corrected chi connectivity index (χ1v) is 9.13. The Morgan fingerprint density at radius 3 is 2.24 bits per heavy atom. The van der Waals surface area contributed by atoms with Crippen LogP contribution in [0.25, 0.3) is 0 Å². The highest BCUT2D eigenvalue weighted by Crippen LogP contribution is 2.23. The fourth-order valence-electron chi connectivity index (χ4n) is 3.31. The first-order chi connectivity index (χ1) is 11.9. The molecule has 25 heavy (non-hydrogen) atoms. The summed E-state index contributed by atoms with van der Waals surface area (Å²) in [7, 11) is 5.47. The van der Waals surface area contributed by atoms with Gasteiger partial charge in [-0.3, -0.25) is 9.59 Å². The summed E-state index contributed by atoms with van der Waals surface area (Å²) in [5, 5.41) is 2.73. The van der Waals surface area contributed by atoms with Gasteiger partial charge in [0.25, 0.3) is 0 Å². The zero-order valence-corrected chi connectivity index (χ0v) is 15.8. The Bertz CT molecular complexity index is 607. The third kappa shape index (κ3) is 5.18. The van der Waals surface area contributed by atoms with Crippen LogP contribution in [-0.4, -0.2) is 48.9 Å². The van der Waals surface area contributed by atoms with Gasteiger partial charge in [-0.25, -0.2) is 4.98 Å². The molecule has 6 nitrogen and oxygen atoms in total. The highest BCUT2D eigenvalue weighted by molar-refractivity contribution is 6.39. The summed E-state index contributed by atoms with van der Waals surface area (Å²) < 4.78 is 0. The molecule has 6 heteroatoms. The molecule has 1 aliphatic carbocycles. The molecule has 1 aliphatic rings. The maximum absolute atomic E-state index is 12.6. The number of nitrogens with one attached hydrogen (secondary N) is 1. The quantitative estimate of drug-likeness (QED) is 0.855. The van der Waals surface area contributed by atoms with Gasteiger partial charge in [0.15, 0.2) is 5.82 Å². The minimum Gasteiger partial charge on any atom is -0.361 e. The van der Waals surface area contributed by atoms with Crippen molar-refractivity contribution in [1.82, 2.24) is 9.88 Å². The summed E-state index contributed by atoms with van der Waals surface area (Å²) in [5.74, 6) is -0.427. The van der Waals surface area contributed by atoms with Gasteiger partial charge in [-0.15, -0.1) is 0 Å². The predicted octanol–water partition coefficient (Wildman–Crippen LogP) is 2.97. The van der Waals surface area contributed by atoms with E-state index in [4.69, 9.17) is 0 Å². The highest BCUT2D eigenvalue weighted by Gasteiger charge is 2.26. The maximum atomic E-state index is 12.6. The van der Waals surface area contributed by atoms with E-state index < -0.39 is 11.8 Å². The van der Waals surface area contributed by atoms with Crippen molar-refractivity contribution >= 4 is 23.3 Å². The summed E-state index contributed by atoms with van der Waals surface area (Å²) in [6.07, 6.45) is 7.90. The monoisotopic (exact) mass is 346 g/mol. The van der Waals surface area contributed by atoms with Crippen molar-refractivity contribution in [3.63, 3.8) is 0 Å². The van der Waals surface area contributed by atoms with E-state index in [0.717, 1.165) is 31.4 Å². The van der Waals surface area contributed by atoms with Gasteiger partial charge in [-0.1, -0.05) is 32.1 Å². The molecule has 1 N–H and O–H groups in total. The van der Waals surface area contributed by atoms with Crippen molar-refractivity contribution in [3.05, 3.63) is 17.8 Å². The first kappa shape index (κ1) is 19.2. The molecule has 0 aliphatic heterocycles. The number of pyridine rings is 1. The average Bonchev–Trinajstić information content (AvgIpc) is 2.54. The van der Waals surface area contributed by atoms with Crippen LogP contribution in [0.15, 0.2) is 12.1 Å². The largest absolute Gasteiger partial charge is 0.361 e. The number of aromatic nitrogens is 1. The number of hydrogen-bond donors (Lipinski definition) is 1. The molecule has 138 valence electrons. The van der Waals surface area contributed by atoms with Gasteiger partial charge >= 0.3 is 11.8 Å². The minimum atomic E-state index is -0.599. The van der Waals surface area contributed by atoms with Crippen LogP contribution in [0.1, 0.15) is 50.6 Å². The summed E-state index contributed by atoms with van der Waals surface area (Å²) in [6, 6.07) is 3.77. The van der Waals surface area contributed by atoms with E-state index in [1.54, 1.807) is 18.0 Å². The lowest BCUT2D eigenvalue weighted by atomic mass is 9.96. The summed E-state index contributed by atoms with van der Waals surface area (Å²) >= 11 is 0. The molecule has 1 saturated carbocycles. The number of rotatable bonds is 3. The molecule has 2 rings (SSSR count). The summed E-state index contributed by atoms with van der Waals surface area (Å²) in [6.45, 7) is 1.90. The average molecular weight is 346 g/mol. The zero-order valence-electron chi connectivity index (χ0n) is 15.8. The first-order valence-electron chi connectivity index (χ1n) is 9.13. The number of hydrogen-bond acceptors (Lipinski definition) is 4. The van der Waals surface area contributed by atoms with E-state index in [1.165, 1.54) is 19.3 Å². The lowest BCUT2D eigenvalue weighted by Gasteiger charge is -2.29. The second-order valence-corrected chi connectivity index (χ2v) is 7.09. The number of carbonyl (C=O) groups excluding carboxylic acids is 2. The molecule has 0 unspecified atom stereocenters.